The standard InChI is InChI=1S/C10H14N2S/c1-6-8-7-2-4-12(5-3-7)10(8)13-9(6)11/h7H,2-5,11H2,1H3. The number of thiophene rings is 1. The van der Waals surface area contributed by atoms with E-state index in [-0.39, 0.29) is 0 Å². The van der Waals surface area contributed by atoms with Gasteiger partial charge in [-0.3, -0.25) is 0 Å². The first-order valence-corrected chi connectivity index (χ1v) is 5.72. The maximum atomic E-state index is 5.96. The fraction of sp³-hybridized carbons (Fsp3) is 0.600. The number of nitrogens with zero attached hydrogens (tertiary/aromatic N) is 1. The summed E-state index contributed by atoms with van der Waals surface area (Å²) < 4.78 is 0. The van der Waals surface area contributed by atoms with E-state index >= 15 is 0 Å². The van der Waals surface area contributed by atoms with Crippen molar-refractivity contribution < 1.29 is 0 Å². The molecule has 2 N–H and O–H groups in total. The minimum Gasteiger partial charge on any atom is -0.390 e. The SMILES string of the molecule is Cc1c(N)sc2c1C1CCN2CC1. The number of piperidine rings is 1. The van der Waals surface area contributed by atoms with Crippen LogP contribution in [0, 0.1) is 6.92 Å². The Morgan fingerprint density at radius 3 is 2.69 bits per heavy atom. The summed E-state index contributed by atoms with van der Waals surface area (Å²) >= 11 is 1.78. The highest BCUT2D eigenvalue weighted by atomic mass is 32.1. The molecule has 0 unspecified atom stereocenters. The molecule has 0 atom stereocenters. The van der Waals surface area contributed by atoms with E-state index in [1.807, 2.05) is 0 Å². The Labute approximate surface area is 82.3 Å². The van der Waals surface area contributed by atoms with Gasteiger partial charge in [0.25, 0.3) is 0 Å². The van der Waals surface area contributed by atoms with Crippen molar-refractivity contribution in [2.75, 3.05) is 23.7 Å². The number of hydrogen-bond acceptors (Lipinski definition) is 3. The minimum absolute atomic E-state index is 0.813. The van der Waals surface area contributed by atoms with Crippen LogP contribution in [0.3, 0.4) is 0 Å². The molecule has 13 heavy (non-hydrogen) atoms. The Bertz CT molecular complexity index is 348. The third kappa shape index (κ3) is 0.881. The molecule has 1 aromatic heterocycles. The van der Waals surface area contributed by atoms with Crippen LogP contribution >= 0.6 is 11.3 Å². The fourth-order valence-corrected chi connectivity index (χ4v) is 3.83. The van der Waals surface area contributed by atoms with E-state index < -0.39 is 0 Å². The molecule has 3 aliphatic heterocycles. The first-order valence-electron chi connectivity index (χ1n) is 4.91. The Balaban J connectivity index is 2.23. The summed E-state index contributed by atoms with van der Waals surface area (Å²) in [6, 6.07) is 0. The molecule has 1 aromatic rings. The molecule has 1 fully saturated rings. The van der Waals surface area contributed by atoms with Gasteiger partial charge in [0.15, 0.2) is 0 Å². The van der Waals surface area contributed by atoms with E-state index in [4.69, 9.17) is 5.73 Å². The normalized spacial score (nSPS) is 20.8. The molecule has 2 bridgehead atoms. The lowest BCUT2D eigenvalue weighted by Gasteiger charge is -2.40. The van der Waals surface area contributed by atoms with Crippen molar-refractivity contribution in [3.05, 3.63) is 11.1 Å². The van der Waals surface area contributed by atoms with E-state index in [2.05, 4.69) is 11.8 Å². The number of hydrogen-bond donors (Lipinski definition) is 1. The van der Waals surface area contributed by atoms with Crippen LogP contribution in [0.1, 0.15) is 29.9 Å². The van der Waals surface area contributed by atoms with Crippen LogP contribution in [-0.4, -0.2) is 13.1 Å². The van der Waals surface area contributed by atoms with Gasteiger partial charge in [-0.15, -0.1) is 11.3 Å². The lowest BCUT2D eigenvalue weighted by atomic mass is 9.84. The fourth-order valence-electron chi connectivity index (χ4n) is 2.62. The Morgan fingerprint density at radius 2 is 2.08 bits per heavy atom. The molecule has 3 heteroatoms. The zero-order valence-corrected chi connectivity index (χ0v) is 8.66. The number of nitrogen functional groups attached to an aromatic ring is 1. The van der Waals surface area contributed by atoms with Gasteiger partial charge in [0.2, 0.25) is 0 Å². The van der Waals surface area contributed by atoms with Crippen LogP contribution in [-0.2, 0) is 0 Å². The van der Waals surface area contributed by atoms with E-state index in [1.54, 1.807) is 16.9 Å². The van der Waals surface area contributed by atoms with Crippen molar-refractivity contribution in [1.29, 1.82) is 0 Å². The largest absolute Gasteiger partial charge is 0.390 e. The number of fused-ring (bicyclic) bond motifs is 2. The maximum absolute atomic E-state index is 5.96. The third-order valence-corrected chi connectivity index (χ3v) is 4.60. The van der Waals surface area contributed by atoms with Crippen molar-refractivity contribution in [2.45, 2.75) is 25.7 Å². The second kappa shape index (κ2) is 2.41. The molecule has 4 rings (SSSR count). The van der Waals surface area contributed by atoms with Gasteiger partial charge in [-0.2, -0.15) is 0 Å². The Hall–Kier alpha value is -0.700. The molecule has 4 heterocycles. The summed E-state index contributed by atoms with van der Waals surface area (Å²) in [5, 5.41) is 2.50. The number of rotatable bonds is 0. The lowest BCUT2D eigenvalue weighted by Crippen LogP contribution is -2.37. The highest BCUT2D eigenvalue weighted by Gasteiger charge is 2.34. The van der Waals surface area contributed by atoms with E-state index in [9.17, 15) is 0 Å². The number of nitrogens with two attached hydrogens (primary N) is 1. The van der Waals surface area contributed by atoms with Crippen molar-refractivity contribution >= 4 is 21.3 Å². The molecular weight excluding hydrogens is 180 g/mol. The summed E-state index contributed by atoms with van der Waals surface area (Å²) in [5.74, 6) is 0.813. The lowest BCUT2D eigenvalue weighted by molar-refractivity contribution is 0.478. The molecule has 0 aromatic carbocycles. The molecule has 0 amide bonds. The molecule has 0 spiro atoms. The van der Waals surface area contributed by atoms with Crippen LogP contribution in [0.2, 0.25) is 0 Å². The molecule has 0 radical (unpaired) electrons. The second-order valence-electron chi connectivity index (χ2n) is 4.07. The predicted octanol–water partition coefficient (Wildman–Crippen LogP) is 2.34. The average Bonchev–Trinajstić information content (AvgIpc) is 2.47. The smallest absolute Gasteiger partial charge is 0.0968 e. The van der Waals surface area contributed by atoms with Crippen LogP contribution < -0.4 is 10.6 Å². The van der Waals surface area contributed by atoms with E-state index in [0.29, 0.717) is 0 Å². The van der Waals surface area contributed by atoms with Crippen LogP contribution in [0.25, 0.3) is 0 Å². The van der Waals surface area contributed by atoms with E-state index in [0.717, 1.165) is 10.9 Å². The van der Waals surface area contributed by atoms with Crippen molar-refractivity contribution in [3.63, 3.8) is 0 Å². The summed E-state index contributed by atoms with van der Waals surface area (Å²) in [6.07, 6.45) is 2.67. The van der Waals surface area contributed by atoms with Crippen LogP contribution in [0.15, 0.2) is 0 Å². The van der Waals surface area contributed by atoms with Crippen LogP contribution in [0.5, 0.6) is 0 Å². The quantitative estimate of drug-likeness (QED) is 0.687. The van der Waals surface area contributed by atoms with Gasteiger partial charge in [-0.1, -0.05) is 0 Å². The minimum atomic E-state index is 0.813. The highest BCUT2D eigenvalue weighted by Crippen LogP contribution is 2.50. The molecule has 0 aliphatic carbocycles. The monoisotopic (exact) mass is 194 g/mol. The topological polar surface area (TPSA) is 29.3 Å². The maximum Gasteiger partial charge on any atom is 0.0968 e. The van der Waals surface area contributed by atoms with Gasteiger partial charge in [0.1, 0.15) is 0 Å². The molecule has 1 saturated heterocycles. The van der Waals surface area contributed by atoms with E-state index in [1.165, 1.54) is 36.5 Å². The van der Waals surface area contributed by atoms with Gasteiger partial charge < -0.3 is 10.6 Å². The first-order chi connectivity index (χ1) is 6.27. The van der Waals surface area contributed by atoms with Gasteiger partial charge in [0, 0.05) is 13.1 Å². The third-order valence-electron chi connectivity index (χ3n) is 3.40. The zero-order chi connectivity index (χ0) is 9.00. The highest BCUT2D eigenvalue weighted by molar-refractivity contribution is 7.20. The molecule has 3 aliphatic rings. The molecule has 0 saturated carbocycles. The van der Waals surface area contributed by atoms with Gasteiger partial charge in [0.05, 0.1) is 10.0 Å². The first kappa shape index (κ1) is 7.68. The second-order valence-corrected chi connectivity index (χ2v) is 5.10. The van der Waals surface area contributed by atoms with Crippen molar-refractivity contribution in [3.8, 4) is 0 Å². The number of anilines is 2. The van der Waals surface area contributed by atoms with Crippen molar-refractivity contribution in [2.24, 2.45) is 0 Å². The molecule has 70 valence electrons. The van der Waals surface area contributed by atoms with Gasteiger partial charge in [-0.05, 0) is 36.8 Å². The molecule has 2 nitrogen and oxygen atoms in total. The average molecular weight is 194 g/mol. The Morgan fingerprint density at radius 1 is 1.38 bits per heavy atom. The summed E-state index contributed by atoms with van der Waals surface area (Å²) in [4.78, 5) is 2.50. The predicted molar refractivity (Wildman–Crippen MR) is 57.7 cm³/mol. The summed E-state index contributed by atoms with van der Waals surface area (Å²) in [6.45, 7) is 4.67. The zero-order valence-electron chi connectivity index (χ0n) is 7.84. The summed E-state index contributed by atoms with van der Waals surface area (Å²) in [5.41, 5.74) is 8.89. The molecular formula is C10H14N2S. The van der Waals surface area contributed by atoms with Gasteiger partial charge >= 0.3 is 0 Å². The Kier molecular flexibility index (Phi) is 1.42. The van der Waals surface area contributed by atoms with Gasteiger partial charge in [-0.25, -0.2) is 0 Å². The van der Waals surface area contributed by atoms with Crippen LogP contribution in [0.4, 0.5) is 10.0 Å². The van der Waals surface area contributed by atoms with Crippen molar-refractivity contribution in [1.82, 2.24) is 0 Å². The summed E-state index contributed by atoms with van der Waals surface area (Å²) in [7, 11) is 0.